The molecular weight excluding hydrogens is 190 g/mol. The summed E-state index contributed by atoms with van der Waals surface area (Å²) in [6.07, 6.45) is 0. The maximum Gasteiger partial charge on any atom is 0.258 e. The molecule has 1 aromatic rings. The number of likely N-dealkylation sites (N-methyl/N-ethyl adjacent to an activating group) is 1. The van der Waals surface area contributed by atoms with Crippen LogP contribution in [0.1, 0.15) is 11.1 Å². The first-order chi connectivity index (χ1) is 7.09. The molecule has 1 aromatic carbocycles. The van der Waals surface area contributed by atoms with Crippen molar-refractivity contribution in [3.8, 4) is 0 Å². The van der Waals surface area contributed by atoms with Gasteiger partial charge in [0.2, 0.25) is 0 Å². The van der Waals surface area contributed by atoms with Crippen molar-refractivity contribution in [1.82, 2.24) is 4.90 Å². The highest BCUT2D eigenvalue weighted by molar-refractivity contribution is 6.22. The van der Waals surface area contributed by atoms with Gasteiger partial charge in [0.1, 0.15) is 5.76 Å². The Morgan fingerprint density at radius 1 is 1.40 bits per heavy atom. The quantitative estimate of drug-likeness (QED) is 0.755. The molecule has 0 saturated carbocycles. The van der Waals surface area contributed by atoms with Crippen molar-refractivity contribution in [2.24, 2.45) is 0 Å². The molecule has 1 heterocycles. The van der Waals surface area contributed by atoms with Crippen molar-refractivity contribution < 1.29 is 9.90 Å². The molecule has 2 rings (SSSR count). The first kappa shape index (κ1) is 9.77. The maximum atomic E-state index is 11.7. The Morgan fingerprint density at radius 2 is 2.13 bits per heavy atom. The van der Waals surface area contributed by atoms with Gasteiger partial charge in [-0.25, -0.2) is 0 Å². The number of amides is 1. The third-order valence-electron chi connectivity index (χ3n) is 2.54. The number of carbonyl (C=O) groups excluding carboxylic acids is 1. The first-order valence-electron chi connectivity index (χ1n) is 4.84. The van der Waals surface area contributed by atoms with Crippen LogP contribution in [0.25, 0.3) is 5.57 Å². The lowest BCUT2D eigenvalue weighted by Gasteiger charge is -2.07. The average molecular weight is 203 g/mol. The second kappa shape index (κ2) is 3.42. The Kier molecular flexibility index (Phi) is 2.23. The number of nitrogens with zero attached hydrogens (tertiary/aromatic N) is 1. The van der Waals surface area contributed by atoms with Crippen molar-refractivity contribution in [3.63, 3.8) is 0 Å². The third kappa shape index (κ3) is 1.61. The van der Waals surface area contributed by atoms with Gasteiger partial charge in [-0.15, -0.1) is 0 Å². The van der Waals surface area contributed by atoms with Gasteiger partial charge in [-0.2, -0.15) is 0 Å². The standard InChI is InChI=1S/C12H13NO2/c1-8-4-3-5-9(6-8)11-10(14)7-13(2)12(11)15/h3-6,14H,7H2,1-2H3. The number of hydrogen-bond acceptors (Lipinski definition) is 2. The van der Waals surface area contributed by atoms with E-state index in [1.54, 1.807) is 7.05 Å². The van der Waals surface area contributed by atoms with Crippen LogP contribution in [0.2, 0.25) is 0 Å². The lowest BCUT2D eigenvalue weighted by atomic mass is 10.0. The second-order valence-corrected chi connectivity index (χ2v) is 3.85. The van der Waals surface area contributed by atoms with Crippen LogP contribution >= 0.6 is 0 Å². The van der Waals surface area contributed by atoms with Crippen LogP contribution in [-0.2, 0) is 4.79 Å². The van der Waals surface area contributed by atoms with E-state index in [0.29, 0.717) is 12.1 Å². The van der Waals surface area contributed by atoms with Gasteiger partial charge in [-0.05, 0) is 12.5 Å². The van der Waals surface area contributed by atoms with E-state index in [0.717, 1.165) is 11.1 Å². The van der Waals surface area contributed by atoms with Crippen molar-refractivity contribution in [2.45, 2.75) is 6.92 Å². The molecule has 0 saturated heterocycles. The molecule has 0 atom stereocenters. The SMILES string of the molecule is Cc1cccc(C2=C(O)CN(C)C2=O)c1. The zero-order valence-electron chi connectivity index (χ0n) is 8.82. The molecule has 1 aliphatic heterocycles. The summed E-state index contributed by atoms with van der Waals surface area (Å²) in [5.41, 5.74) is 2.30. The summed E-state index contributed by atoms with van der Waals surface area (Å²) in [6.45, 7) is 2.27. The van der Waals surface area contributed by atoms with Crippen LogP contribution in [-0.4, -0.2) is 29.5 Å². The van der Waals surface area contributed by atoms with E-state index in [4.69, 9.17) is 0 Å². The smallest absolute Gasteiger partial charge is 0.258 e. The minimum atomic E-state index is -0.113. The number of carbonyl (C=O) groups is 1. The van der Waals surface area contributed by atoms with Gasteiger partial charge in [0.25, 0.3) is 5.91 Å². The van der Waals surface area contributed by atoms with Gasteiger partial charge in [0.15, 0.2) is 0 Å². The molecule has 0 unspecified atom stereocenters. The number of aryl methyl sites for hydroxylation is 1. The van der Waals surface area contributed by atoms with Gasteiger partial charge in [-0.1, -0.05) is 29.8 Å². The number of aliphatic hydroxyl groups excluding tert-OH is 1. The summed E-state index contributed by atoms with van der Waals surface area (Å²) in [5, 5.41) is 9.69. The van der Waals surface area contributed by atoms with Gasteiger partial charge < -0.3 is 10.0 Å². The topological polar surface area (TPSA) is 40.5 Å². The average Bonchev–Trinajstić information content (AvgIpc) is 2.41. The zero-order valence-corrected chi connectivity index (χ0v) is 8.82. The van der Waals surface area contributed by atoms with Gasteiger partial charge >= 0.3 is 0 Å². The second-order valence-electron chi connectivity index (χ2n) is 3.85. The number of rotatable bonds is 1. The molecular formula is C12H13NO2. The van der Waals surface area contributed by atoms with E-state index in [2.05, 4.69) is 0 Å². The van der Waals surface area contributed by atoms with E-state index in [1.165, 1.54) is 4.90 Å². The van der Waals surface area contributed by atoms with E-state index in [1.807, 2.05) is 31.2 Å². The van der Waals surface area contributed by atoms with Crippen LogP contribution in [0.15, 0.2) is 30.0 Å². The molecule has 0 aliphatic carbocycles. The normalized spacial score (nSPS) is 16.4. The summed E-state index contributed by atoms with van der Waals surface area (Å²) in [7, 11) is 1.68. The van der Waals surface area contributed by atoms with Crippen molar-refractivity contribution in [1.29, 1.82) is 0 Å². The maximum absolute atomic E-state index is 11.7. The van der Waals surface area contributed by atoms with E-state index >= 15 is 0 Å². The lowest BCUT2D eigenvalue weighted by molar-refractivity contribution is -0.122. The highest BCUT2D eigenvalue weighted by Crippen LogP contribution is 2.26. The molecule has 0 fully saturated rings. The summed E-state index contributed by atoms with van der Waals surface area (Å²) in [4.78, 5) is 13.2. The molecule has 0 bridgehead atoms. The predicted molar refractivity (Wildman–Crippen MR) is 58.4 cm³/mol. The zero-order chi connectivity index (χ0) is 11.0. The van der Waals surface area contributed by atoms with Crippen LogP contribution in [0.4, 0.5) is 0 Å². The Bertz CT molecular complexity index is 449. The fourth-order valence-corrected chi connectivity index (χ4v) is 1.78. The fraction of sp³-hybridized carbons (Fsp3) is 0.250. The van der Waals surface area contributed by atoms with Crippen molar-refractivity contribution in [2.75, 3.05) is 13.6 Å². The lowest BCUT2D eigenvalue weighted by Crippen LogP contribution is -2.21. The van der Waals surface area contributed by atoms with Crippen LogP contribution in [0.3, 0.4) is 0 Å². The monoisotopic (exact) mass is 203 g/mol. The Morgan fingerprint density at radius 3 is 2.67 bits per heavy atom. The summed E-state index contributed by atoms with van der Waals surface area (Å²) < 4.78 is 0. The van der Waals surface area contributed by atoms with Crippen LogP contribution in [0.5, 0.6) is 0 Å². The Labute approximate surface area is 88.6 Å². The molecule has 0 radical (unpaired) electrons. The van der Waals surface area contributed by atoms with E-state index < -0.39 is 0 Å². The Balaban J connectivity index is 2.48. The van der Waals surface area contributed by atoms with Crippen molar-refractivity contribution >= 4 is 11.5 Å². The number of benzene rings is 1. The molecule has 0 spiro atoms. The summed E-state index contributed by atoms with van der Waals surface area (Å²) in [5.74, 6) is 0.0474. The highest BCUT2D eigenvalue weighted by atomic mass is 16.3. The molecule has 78 valence electrons. The van der Waals surface area contributed by atoms with Gasteiger partial charge in [0, 0.05) is 7.05 Å². The Hall–Kier alpha value is -1.77. The third-order valence-corrected chi connectivity index (χ3v) is 2.54. The molecule has 1 amide bonds. The predicted octanol–water partition coefficient (Wildman–Crippen LogP) is 1.74. The fourth-order valence-electron chi connectivity index (χ4n) is 1.78. The minimum absolute atomic E-state index is 0.113. The van der Waals surface area contributed by atoms with E-state index in [-0.39, 0.29) is 11.7 Å². The van der Waals surface area contributed by atoms with Crippen molar-refractivity contribution in [3.05, 3.63) is 41.2 Å². The highest BCUT2D eigenvalue weighted by Gasteiger charge is 2.28. The largest absolute Gasteiger partial charge is 0.510 e. The molecule has 1 aliphatic rings. The molecule has 1 N–H and O–H groups in total. The van der Waals surface area contributed by atoms with Gasteiger partial charge in [-0.3, -0.25) is 4.79 Å². The molecule has 0 aromatic heterocycles. The molecule has 15 heavy (non-hydrogen) atoms. The number of aliphatic hydroxyl groups is 1. The summed E-state index contributed by atoms with van der Waals surface area (Å²) >= 11 is 0. The number of hydrogen-bond donors (Lipinski definition) is 1. The van der Waals surface area contributed by atoms with Gasteiger partial charge in [0.05, 0.1) is 12.1 Å². The molecule has 3 heteroatoms. The first-order valence-corrected chi connectivity index (χ1v) is 4.84. The summed E-state index contributed by atoms with van der Waals surface area (Å²) in [6, 6.07) is 7.60. The van der Waals surface area contributed by atoms with Crippen LogP contribution in [0, 0.1) is 6.92 Å². The molecule has 3 nitrogen and oxygen atoms in total. The van der Waals surface area contributed by atoms with E-state index in [9.17, 15) is 9.90 Å². The minimum Gasteiger partial charge on any atom is -0.510 e. The van der Waals surface area contributed by atoms with Crippen LogP contribution < -0.4 is 0 Å².